The fraction of sp³-hybridized carbons (Fsp3) is 0.258. The lowest BCUT2D eigenvalue weighted by Gasteiger charge is -2.11. The number of aldehydes is 1. The van der Waals surface area contributed by atoms with E-state index in [1.807, 2.05) is 52.0 Å². The van der Waals surface area contributed by atoms with E-state index in [1.54, 1.807) is 0 Å². The Kier molecular flexibility index (Phi) is 10.5. The molecule has 4 aromatic rings. The minimum Gasteiger partial charge on any atom is -0.374 e. The van der Waals surface area contributed by atoms with Crippen molar-refractivity contribution in [3.05, 3.63) is 99.4 Å². The number of benzene rings is 3. The van der Waals surface area contributed by atoms with Crippen LogP contribution in [0.5, 0.6) is 0 Å². The third-order valence-electron chi connectivity index (χ3n) is 6.19. The van der Waals surface area contributed by atoms with E-state index < -0.39 is 11.6 Å². The number of rotatable bonds is 5. The van der Waals surface area contributed by atoms with E-state index in [9.17, 15) is 18.4 Å². The Hall–Kier alpha value is -3.91. The lowest BCUT2D eigenvalue weighted by Crippen LogP contribution is -2.14. The number of likely N-dealkylation sites (N-methyl/N-ethyl adjacent to an activating group) is 1. The van der Waals surface area contributed by atoms with Crippen LogP contribution in [0.15, 0.2) is 60.7 Å². The van der Waals surface area contributed by atoms with Crippen LogP contribution in [0, 0.1) is 25.5 Å². The van der Waals surface area contributed by atoms with Gasteiger partial charge in [0.25, 0.3) is 0 Å². The maximum atomic E-state index is 13.3. The SMILES string of the molecule is CC.Cc1ccccc1C=O.Cc1sc(NC(=O)Cc2ccc(F)c(F)c2)nc1-c1ccc2c(c1)CCN2C. The average molecular weight is 550 g/mol. The predicted octanol–water partition coefficient (Wildman–Crippen LogP) is 7.40. The predicted molar refractivity (Wildman–Crippen MR) is 156 cm³/mol. The molecule has 1 amide bonds. The topological polar surface area (TPSA) is 62.3 Å². The Morgan fingerprint density at radius 1 is 1.05 bits per heavy atom. The van der Waals surface area contributed by atoms with Gasteiger partial charge in [-0.2, -0.15) is 0 Å². The highest BCUT2D eigenvalue weighted by Gasteiger charge is 2.18. The maximum absolute atomic E-state index is 13.3. The number of amides is 1. The van der Waals surface area contributed by atoms with Gasteiger partial charge in [-0.1, -0.05) is 50.2 Å². The van der Waals surface area contributed by atoms with Gasteiger partial charge < -0.3 is 10.2 Å². The largest absolute Gasteiger partial charge is 0.374 e. The first-order chi connectivity index (χ1) is 18.7. The number of carbonyl (C=O) groups excluding carboxylic acids is 2. The molecule has 2 heterocycles. The van der Waals surface area contributed by atoms with Gasteiger partial charge in [-0.15, -0.1) is 11.3 Å². The molecule has 1 aliphatic rings. The molecule has 39 heavy (non-hydrogen) atoms. The number of thiazole rings is 1. The first kappa shape index (κ1) is 29.6. The summed E-state index contributed by atoms with van der Waals surface area (Å²) in [5.41, 5.74) is 6.65. The Bertz CT molecular complexity index is 1450. The van der Waals surface area contributed by atoms with Crippen LogP contribution < -0.4 is 10.2 Å². The number of nitrogens with one attached hydrogen (secondary N) is 1. The van der Waals surface area contributed by atoms with Crippen molar-refractivity contribution in [2.75, 3.05) is 23.8 Å². The van der Waals surface area contributed by atoms with Crippen molar-refractivity contribution in [3.63, 3.8) is 0 Å². The molecule has 1 N–H and O–H groups in total. The van der Waals surface area contributed by atoms with Crippen molar-refractivity contribution in [1.29, 1.82) is 0 Å². The van der Waals surface area contributed by atoms with Crippen LogP contribution in [-0.2, 0) is 17.6 Å². The molecule has 1 aliphatic heterocycles. The Balaban J connectivity index is 0.000000322. The van der Waals surface area contributed by atoms with Gasteiger partial charge in [0, 0.05) is 35.3 Å². The third kappa shape index (κ3) is 7.57. The summed E-state index contributed by atoms with van der Waals surface area (Å²) in [6.45, 7) is 8.90. The summed E-state index contributed by atoms with van der Waals surface area (Å²) in [6.07, 6.45) is 1.84. The minimum atomic E-state index is -0.958. The van der Waals surface area contributed by atoms with Crippen molar-refractivity contribution in [2.24, 2.45) is 0 Å². The molecule has 204 valence electrons. The molecule has 8 heteroatoms. The molecule has 0 spiro atoms. The van der Waals surface area contributed by atoms with Crippen molar-refractivity contribution in [2.45, 2.75) is 40.5 Å². The molecule has 0 aliphatic carbocycles. The number of fused-ring (bicyclic) bond motifs is 1. The fourth-order valence-corrected chi connectivity index (χ4v) is 5.00. The Morgan fingerprint density at radius 3 is 2.46 bits per heavy atom. The molecule has 0 radical (unpaired) electrons. The zero-order valence-electron chi connectivity index (χ0n) is 22.8. The summed E-state index contributed by atoms with van der Waals surface area (Å²) < 4.78 is 26.3. The van der Waals surface area contributed by atoms with Gasteiger partial charge in [-0.3, -0.25) is 9.59 Å². The van der Waals surface area contributed by atoms with Crippen molar-refractivity contribution < 1.29 is 18.4 Å². The van der Waals surface area contributed by atoms with E-state index in [0.29, 0.717) is 10.7 Å². The van der Waals surface area contributed by atoms with Crippen LogP contribution in [-0.4, -0.2) is 30.8 Å². The molecule has 5 rings (SSSR count). The number of aromatic nitrogens is 1. The molecule has 5 nitrogen and oxygen atoms in total. The highest BCUT2D eigenvalue weighted by atomic mass is 32.1. The minimum absolute atomic E-state index is 0.0453. The number of hydrogen-bond donors (Lipinski definition) is 1. The first-order valence-electron chi connectivity index (χ1n) is 12.8. The zero-order valence-corrected chi connectivity index (χ0v) is 23.7. The monoisotopic (exact) mass is 549 g/mol. The molecule has 0 saturated heterocycles. The van der Waals surface area contributed by atoms with E-state index >= 15 is 0 Å². The molecular weight excluding hydrogens is 516 g/mol. The van der Waals surface area contributed by atoms with E-state index in [1.165, 1.54) is 28.7 Å². The van der Waals surface area contributed by atoms with Gasteiger partial charge in [0.05, 0.1) is 12.1 Å². The van der Waals surface area contributed by atoms with Gasteiger partial charge >= 0.3 is 0 Å². The van der Waals surface area contributed by atoms with Crippen LogP contribution in [0.2, 0.25) is 0 Å². The quantitative estimate of drug-likeness (QED) is 0.264. The first-order valence-corrected chi connectivity index (χ1v) is 13.6. The van der Waals surface area contributed by atoms with Crippen LogP contribution in [0.4, 0.5) is 19.6 Å². The average Bonchev–Trinajstić information content (AvgIpc) is 3.49. The third-order valence-corrected chi connectivity index (χ3v) is 7.07. The summed E-state index contributed by atoms with van der Waals surface area (Å²) in [6, 6.07) is 17.3. The van der Waals surface area contributed by atoms with E-state index in [2.05, 4.69) is 40.4 Å². The highest BCUT2D eigenvalue weighted by Crippen LogP contribution is 2.35. The van der Waals surface area contributed by atoms with E-state index in [-0.39, 0.29) is 12.3 Å². The smallest absolute Gasteiger partial charge is 0.230 e. The summed E-state index contributed by atoms with van der Waals surface area (Å²) in [7, 11) is 2.08. The molecule has 0 unspecified atom stereocenters. The van der Waals surface area contributed by atoms with Crippen molar-refractivity contribution >= 4 is 34.3 Å². The number of anilines is 2. The molecule has 0 saturated carbocycles. The number of carbonyl (C=O) groups is 2. The number of halogens is 2. The van der Waals surface area contributed by atoms with Crippen LogP contribution in [0.1, 0.15) is 45.8 Å². The molecule has 0 bridgehead atoms. The second-order valence-electron chi connectivity index (χ2n) is 8.89. The molecule has 0 atom stereocenters. The Labute approximate surface area is 232 Å². The maximum Gasteiger partial charge on any atom is 0.230 e. The summed E-state index contributed by atoms with van der Waals surface area (Å²) in [5, 5.41) is 3.26. The van der Waals surface area contributed by atoms with Crippen LogP contribution >= 0.6 is 11.3 Å². The standard InChI is InChI=1S/C21H19F2N3OS.C8H8O.C2H6/c1-12-20(15-4-6-18-14(11-15)7-8-26(18)2)25-21(28-12)24-19(27)10-13-3-5-16(22)17(23)9-13;1-7-4-2-3-5-8(7)6-9;1-2/h3-6,9,11H,7-8,10H2,1-2H3,(H,24,25,27);2-6H,1H3;1-2H3. The normalized spacial score (nSPS) is 11.5. The molecule has 1 aromatic heterocycles. The number of hydrogen-bond acceptors (Lipinski definition) is 5. The zero-order chi connectivity index (χ0) is 28.5. The number of aryl methyl sites for hydroxylation is 2. The van der Waals surface area contributed by atoms with Crippen LogP contribution in [0.25, 0.3) is 11.3 Å². The van der Waals surface area contributed by atoms with Gasteiger partial charge in [-0.05, 0) is 61.2 Å². The van der Waals surface area contributed by atoms with Crippen LogP contribution in [0.3, 0.4) is 0 Å². The fourth-order valence-electron chi connectivity index (χ4n) is 4.15. The van der Waals surface area contributed by atoms with Gasteiger partial charge in [0.1, 0.15) is 6.29 Å². The van der Waals surface area contributed by atoms with E-state index in [4.69, 9.17) is 0 Å². The second-order valence-corrected chi connectivity index (χ2v) is 10.1. The lowest BCUT2D eigenvalue weighted by atomic mass is 10.1. The van der Waals surface area contributed by atoms with Crippen molar-refractivity contribution in [1.82, 2.24) is 4.98 Å². The summed E-state index contributed by atoms with van der Waals surface area (Å²) in [4.78, 5) is 30.3. The van der Waals surface area contributed by atoms with Gasteiger partial charge in [-0.25, -0.2) is 13.8 Å². The van der Waals surface area contributed by atoms with Gasteiger partial charge in [0.15, 0.2) is 16.8 Å². The summed E-state index contributed by atoms with van der Waals surface area (Å²) >= 11 is 1.40. The number of nitrogens with zero attached hydrogens (tertiary/aromatic N) is 2. The molecule has 3 aromatic carbocycles. The lowest BCUT2D eigenvalue weighted by molar-refractivity contribution is -0.115. The van der Waals surface area contributed by atoms with E-state index in [0.717, 1.165) is 58.6 Å². The van der Waals surface area contributed by atoms with Crippen molar-refractivity contribution in [3.8, 4) is 11.3 Å². The molecular formula is C31H33F2N3O2S. The second kappa shape index (κ2) is 13.8. The highest BCUT2D eigenvalue weighted by molar-refractivity contribution is 7.16. The molecule has 0 fully saturated rings. The summed E-state index contributed by atoms with van der Waals surface area (Å²) in [5.74, 6) is -2.20. The van der Waals surface area contributed by atoms with Gasteiger partial charge in [0.2, 0.25) is 5.91 Å². The Morgan fingerprint density at radius 2 is 1.79 bits per heavy atom.